The number of hydrogen-bond donors (Lipinski definition) is 0. The summed E-state index contributed by atoms with van der Waals surface area (Å²) in [7, 11) is 1.73. The summed E-state index contributed by atoms with van der Waals surface area (Å²) in [4.78, 5) is 14.8. The summed E-state index contributed by atoms with van der Waals surface area (Å²) in [5.74, 6) is 1.28. The second-order valence-electron chi connectivity index (χ2n) is 4.87. The molecule has 3 rings (SSSR count). The summed E-state index contributed by atoms with van der Waals surface area (Å²) < 4.78 is 1.81. The van der Waals surface area contributed by atoms with Gasteiger partial charge < -0.3 is 0 Å². The van der Waals surface area contributed by atoms with E-state index in [-0.39, 0.29) is 4.87 Å². The van der Waals surface area contributed by atoms with Gasteiger partial charge in [-0.05, 0) is 30.4 Å². The molecule has 0 N–H and O–H groups in total. The summed E-state index contributed by atoms with van der Waals surface area (Å²) in [6, 6.07) is 0. The highest BCUT2D eigenvalue weighted by Crippen LogP contribution is 2.27. The Hall–Kier alpha value is -1.50. The molecule has 0 saturated carbocycles. The monoisotopic (exact) mass is 265 g/mol. The van der Waals surface area contributed by atoms with Crippen LogP contribution in [0.25, 0.3) is 0 Å². The van der Waals surface area contributed by atoms with E-state index in [2.05, 4.69) is 22.3 Å². The van der Waals surface area contributed by atoms with Crippen LogP contribution >= 0.6 is 11.3 Å². The SMILES string of the molecule is CC1CCc2c(sc(=O)n2Cc2nnn(C)n2)C1. The average Bonchev–Trinajstić information content (AvgIpc) is 2.84. The highest BCUT2D eigenvalue weighted by atomic mass is 32.1. The fourth-order valence-electron chi connectivity index (χ4n) is 2.40. The van der Waals surface area contributed by atoms with Crippen LogP contribution in [0.1, 0.15) is 29.7 Å². The summed E-state index contributed by atoms with van der Waals surface area (Å²) in [6.07, 6.45) is 3.16. The maximum Gasteiger partial charge on any atom is 0.307 e. The molecule has 0 spiro atoms. The molecule has 6 nitrogen and oxygen atoms in total. The Morgan fingerprint density at radius 1 is 1.50 bits per heavy atom. The van der Waals surface area contributed by atoms with Gasteiger partial charge >= 0.3 is 4.87 Å². The molecule has 1 aliphatic rings. The van der Waals surface area contributed by atoms with Crippen molar-refractivity contribution < 1.29 is 0 Å². The van der Waals surface area contributed by atoms with E-state index >= 15 is 0 Å². The highest BCUT2D eigenvalue weighted by Gasteiger charge is 2.22. The molecule has 0 bridgehead atoms. The predicted octanol–water partition coefficient (Wildman–Crippen LogP) is 0.606. The summed E-state index contributed by atoms with van der Waals surface area (Å²) in [6.45, 7) is 2.68. The second kappa shape index (κ2) is 4.31. The summed E-state index contributed by atoms with van der Waals surface area (Å²) in [5, 5.41) is 11.9. The predicted molar refractivity (Wildman–Crippen MR) is 67.7 cm³/mol. The topological polar surface area (TPSA) is 65.6 Å². The maximum atomic E-state index is 12.0. The van der Waals surface area contributed by atoms with Crippen LogP contribution in [0.2, 0.25) is 0 Å². The number of aromatic nitrogens is 5. The van der Waals surface area contributed by atoms with Gasteiger partial charge in [0.1, 0.15) is 0 Å². The van der Waals surface area contributed by atoms with Gasteiger partial charge in [-0.25, -0.2) is 0 Å². The number of thiazole rings is 1. The lowest BCUT2D eigenvalue weighted by Gasteiger charge is -2.18. The molecule has 0 aromatic carbocycles. The zero-order valence-electron chi connectivity index (χ0n) is 10.5. The van der Waals surface area contributed by atoms with Gasteiger partial charge in [0.25, 0.3) is 0 Å². The zero-order valence-corrected chi connectivity index (χ0v) is 11.3. The van der Waals surface area contributed by atoms with Gasteiger partial charge in [-0.2, -0.15) is 4.80 Å². The van der Waals surface area contributed by atoms with Crippen molar-refractivity contribution in [3.8, 4) is 0 Å². The molecular formula is C11H15N5OS. The fraction of sp³-hybridized carbons (Fsp3) is 0.636. The maximum absolute atomic E-state index is 12.0. The minimum absolute atomic E-state index is 0.0987. The van der Waals surface area contributed by atoms with Crippen LogP contribution in [0.5, 0.6) is 0 Å². The Balaban J connectivity index is 1.95. The molecule has 96 valence electrons. The Kier molecular flexibility index (Phi) is 2.77. The molecule has 0 aliphatic heterocycles. The molecule has 18 heavy (non-hydrogen) atoms. The van der Waals surface area contributed by atoms with Crippen molar-refractivity contribution in [3.05, 3.63) is 26.1 Å². The van der Waals surface area contributed by atoms with Gasteiger partial charge in [-0.15, -0.1) is 10.2 Å². The van der Waals surface area contributed by atoms with E-state index in [0.29, 0.717) is 18.3 Å². The van der Waals surface area contributed by atoms with Crippen molar-refractivity contribution in [3.63, 3.8) is 0 Å². The number of fused-ring (bicyclic) bond motifs is 1. The first kappa shape index (κ1) is 11.6. The Morgan fingerprint density at radius 2 is 2.33 bits per heavy atom. The lowest BCUT2D eigenvalue weighted by molar-refractivity contribution is 0.486. The number of aryl methyl sites for hydroxylation is 1. The second-order valence-corrected chi connectivity index (χ2v) is 5.91. The van der Waals surface area contributed by atoms with Crippen molar-refractivity contribution in [2.75, 3.05) is 0 Å². The van der Waals surface area contributed by atoms with Gasteiger partial charge in [0, 0.05) is 10.6 Å². The Morgan fingerprint density at radius 3 is 3.06 bits per heavy atom. The third kappa shape index (κ3) is 1.98. The molecule has 1 atom stereocenters. The van der Waals surface area contributed by atoms with Gasteiger partial charge in [-0.3, -0.25) is 9.36 Å². The molecule has 2 heterocycles. The van der Waals surface area contributed by atoms with Crippen molar-refractivity contribution >= 4 is 11.3 Å². The zero-order chi connectivity index (χ0) is 12.7. The fourth-order valence-corrected chi connectivity index (χ4v) is 3.60. The first-order chi connectivity index (χ1) is 8.63. The molecule has 2 aromatic heterocycles. The highest BCUT2D eigenvalue weighted by molar-refractivity contribution is 7.09. The molecule has 1 unspecified atom stereocenters. The standard InChI is InChI=1S/C11H15N5OS/c1-7-3-4-8-9(5-7)18-11(17)16(8)6-10-12-14-15(2)13-10/h7H,3-6H2,1-2H3. The number of rotatable bonds is 2. The van der Waals surface area contributed by atoms with Crippen LogP contribution in [-0.4, -0.2) is 24.8 Å². The van der Waals surface area contributed by atoms with E-state index in [9.17, 15) is 4.79 Å². The molecule has 0 saturated heterocycles. The largest absolute Gasteiger partial charge is 0.307 e. The lowest BCUT2D eigenvalue weighted by Crippen LogP contribution is -2.20. The first-order valence-corrected chi connectivity index (χ1v) is 6.89. The van der Waals surface area contributed by atoms with Gasteiger partial charge in [0.05, 0.1) is 13.6 Å². The van der Waals surface area contributed by atoms with Crippen molar-refractivity contribution in [2.45, 2.75) is 32.7 Å². The quantitative estimate of drug-likeness (QED) is 0.798. The van der Waals surface area contributed by atoms with Crippen molar-refractivity contribution in [1.29, 1.82) is 0 Å². The summed E-state index contributed by atoms with van der Waals surface area (Å²) >= 11 is 1.37. The minimum Gasteiger partial charge on any atom is -0.295 e. The van der Waals surface area contributed by atoms with Crippen LogP contribution in [0.3, 0.4) is 0 Å². The van der Waals surface area contributed by atoms with Crippen LogP contribution in [-0.2, 0) is 26.4 Å². The van der Waals surface area contributed by atoms with E-state index in [0.717, 1.165) is 19.3 Å². The third-order valence-electron chi connectivity index (χ3n) is 3.34. The average molecular weight is 265 g/mol. The van der Waals surface area contributed by atoms with Crippen LogP contribution in [0, 0.1) is 5.92 Å². The molecule has 7 heteroatoms. The molecule has 0 amide bonds. The molecule has 2 aromatic rings. The van der Waals surface area contributed by atoms with E-state index in [1.165, 1.54) is 26.7 Å². The van der Waals surface area contributed by atoms with E-state index in [1.54, 1.807) is 7.05 Å². The molecule has 1 aliphatic carbocycles. The van der Waals surface area contributed by atoms with Crippen LogP contribution < -0.4 is 4.87 Å². The smallest absolute Gasteiger partial charge is 0.295 e. The normalized spacial score (nSPS) is 18.9. The number of tetrazole rings is 1. The Bertz CT molecular complexity index is 626. The van der Waals surface area contributed by atoms with Gasteiger partial charge in [-0.1, -0.05) is 18.3 Å². The minimum atomic E-state index is 0.0987. The molecular weight excluding hydrogens is 250 g/mol. The van der Waals surface area contributed by atoms with Gasteiger partial charge in [0.2, 0.25) is 0 Å². The van der Waals surface area contributed by atoms with E-state index < -0.39 is 0 Å². The lowest BCUT2D eigenvalue weighted by atomic mass is 9.93. The number of nitrogens with zero attached hydrogens (tertiary/aromatic N) is 5. The Labute approximate surface area is 108 Å². The van der Waals surface area contributed by atoms with Crippen LogP contribution in [0.4, 0.5) is 0 Å². The molecule has 0 radical (unpaired) electrons. The molecule has 0 fully saturated rings. The summed E-state index contributed by atoms with van der Waals surface area (Å²) in [5.41, 5.74) is 1.18. The third-order valence-corrected chi connectivity index (χ3v) is 4.38. The van der Waals surface area contributed by atoms with E-state index in [4.69, 9.17) is 0 Å². The van der Waals surface area contributed by atoms with Crippen LogP contribution in [0.15, 0.2) is 4.79 Å². The van der Waals surface area contributed by atoms with Crippen molar-refractivity contribution in [1.82, 2.24) is 24.8 Å². The van der Waals surface area contributed by atoms with Gasteiger partial charge in [0.15, 0.2) is 5.82 Å². The van der Waals surface area contributed by atoms with Crippen molar-refractivity contribution in [2.24, 2.45) is 13.0 Å². The first-order valence-electron chi connectivity index (χ1n) is 6.07. The number of hydrogen-bond acceptors (Lipinski definition) is 5. The van der Waals surface area contributed by atoms with E-state index in [1.807, 2.05) is 4.57 Å².